The van der Waals surface area contributed by atoms with Crippen molar-refractivity contribution in [1.82, 2.24) is 4.90 Å². The molecule has 2 saturated carbocycles. The molecule has 1 aliphatic heterocycles. The highest BCUT2D eigenvalue weighted by Gasteiger charge is 2.44. The lowest BCUT2D eigenvalue weighted by Gasteiger charge is -2.35. The van der Waals surface area contributed by atoms with Crippen molar-refractivity contribution in [2.75, 3.05) is 13.1 Å². The fourth-order valence-corrected chi connectivity index (χ4v) is 6.03. The van der Waals surface area contributed by atoms with Crippen LogP contribution in [0.4, 0.5) is 0 Å². The van der Waals surface area contributed by atoms with Crippen LogP contribution >= 0.6 is 0 Å². The second-order valence-electron chi connectivity index (χ2n) is 9.65. The van der Waals surface area contributed by atoms with Gasteiger partial charge in [0, 0.05) is 19.0 Å². The van der Waals surface area contributed by atoms with Gasteiger partial charge in [0.25, 0.3) is 0 Å². The quantitative estimate of drug-likeness (QED) is 0.774. The number of rotatable bonds is 4. The van der Waals surface area contributed by atoms with E-state index in [-0.39, 0.29) is 12.0 Å². The smallest absolute Gasteiger partial charge is 0.226 e. The summed E-state index contributed by atoms with van der Waals surface area (Å²) in [5.74, 6) is 2.87. The van der Waals surface area contributed by atoms with Gasteiger partial charge in [-0.05, 0) is 74.0 Å². The van der Waals surface area contributed by atoms with Gasteiger partial charge in [0.05, 0.1) is 6.10 Å². The topological polar surface area (TPSA) is 49.8 Å². The number of carbonyl (C=O) groups excluding carboxylic acids is 1. The van der Waals surface area contributed by atoms with E-state index in [0.29, 0.717) is 23.7 Å². The van der Waals surface area contributed by atoms with Crippen LogP contribution in [0.3, 0.4) is 0 Å². The molecule has 4 nitrogen and oxygen atoms in total. The standard InChI is InChI=1S/C25H33NO3/c27-23-13-20-15-26(25(28)19-7-3-4-8-19)16-21(20)14-24(23)29-22-11-9-18(10-12-22)17-5-1-2-6-17/h3-4,9-12,17,19-21,23-24,27H,1-2,5-8,13-16H2/t20-,21+,23+,24+/m0/s1. The number of ether oxygens (including phenoxy) is 1. The van der Waals surface area contributed by atoms with Crippen molar-refractivity contribution in [2.24, 2.45) is 17.8 Å². The lowest BCUT2D eigenvalue weighted by Crippen LogP contribution is -2.42. The molecule has 1 aromatic rings. The molecule has 0 aromatic heterocycles. The van der Waals surface area contributed by atoms with E-state index in [2.05, 4.69) is 41.3 Å². The molecule has 1 amide bonds. The van der Waals surface area contributed by atoms with Crippen molar-refractivity contribution >= 4 is 5.91 Å². The monoisotopic (exact) mass is 395 g/mol. The van der Waals surface area contributed by atoms with Gasteiger partial charge >= 0.3 is 0 Å². The van der Waals surface area contributed by atoms with E-state index in [0.717, 1.165) is 44.5 Å². The highest BCUT2D eigenvalue weighted by atomic mass is 16.5. The predicted octanol–water partition coefficient (Wildman–Crippen LogP) is 4.29. The molecule has 1 heterocycles. The molecular weight excluding hydrogens is 362 g/mol. The first-order chi connectivity index (χ1) is 14.2. The third-order valence-corrected chi connectivity index (χ3v) is 7.75. The van der Waals surface area contributed by atoms with E-state index in [1.165, 1.54) is 31.2 Å². The number of benzene rings is 1. The first kappa shape index (κ1) is 19.2. The SMILES string of the molecule is O=C(C1CC=CC1)N1C[C@H]2C[C@@H](Oc3ccc(C4CCCC4)cc3)[C@H](O)C[C@H]2C1. The molecule has 1 aromatic carbocycles. The molecule has 3 aliphatic carbocycles. The molecule has 0 unspecified atom stereocenters. The maximum atomic E-state index is 12.8. The number of hydrogen-bond donors (Lipinski definition) is 1. The third kappa shape index (κ3) is 3.96. The van der Waals surface area contributed by atoms with Crippen molar-refractivity contribution in [1.29, 1.82) is 0 Å². The van der Waals surface area contributed by atoms with Crippen LogP contribution in [0.2, 0.25) is 0 Å². The number of aliphatic hydroxyl groups is 1. The average molecular weight is 396 g/mol. The lowest BCUT2D eigenvalue weighted by molar-refractivity contribution is -0.134. The normalized spacial score (nSPS) is 32.7. The van der Waals surface area contributed by atoms with Gasteiger partial charge in [0.1, 0.15) is 11.9 Å². The predicted molar refractivity (Wildman–Crippen MR) is 113 cm³/mol. The Balaban J connectivity index is 1.19. The van der Waals surface area contributed by atoms with Gasteiger partial charge in [-0.3, -0.25) is 4.79 Å². The summed E-state index contributed by atoms with van der Waals surface area (Å²) in [6.45, 7) is 1.63. The van der Waals surface area contributed by atoms with Gasteiger partial charge in [0.2, 0.25) is 5.91 Å². The number of aliphatic hydroxyl groups excluding tert-OH is 1. The number of allylic oxidation sites excluding steroid dienone is 2. The Morgan fingerprint density at radius 3 is 2.31 bits per heavy atom. The highest BCUT2D eigenvalue weighted by Crippen LogP contribution is 2.40. The van der Waals surface area contributed by atoms with Crippen molar-refractivity contribution in [3.05, 3.63) is 42.0 Å². The number of hydrogen-bond acceptors (Lipinski definition) is 3. The van der Waals surface area contributed by atoms with E-state index >= 15 is 0 Å². The average Bonchev–Trinajstić information content (AvgIpc) is 3.49. The molecule has 4 aliphatic rings. The van der Waals surface area contributed by atoms with Crippen LogP contribution in [0.5, 0.6) is 5.75 Å². The number of fused-ring (bicyclic) bond motifs is 1. The molecule has 1 N–H and O–H groups in total. The van der Waals surface area contributed by atoms with Gasteiger partial charge in [-0.2, -0.15) is 0 Å². The second kappa shape index (κ2) is 8.14. The van der Waals surface area contributed by atoms with Crippen LogP contribution < -0.4 is 4.74 Å². The molecule has 4 atom stereocenters. The van der Waals surface area contributed by atoms with Crippen LogP contribution in [0.1, 0.15) is 62.8 Å². The minimum Gasteiger partial charge on any atom is -0.488 e. The van der Waals surface area contributed by atoms with Gasteiger partial charge in [0.15, 0.2) is 0 Å². The van der Waals surface area contributed by atoms with Crippen molar-refractivity contribution in [2.45, 2.75) is 69.5 Å². The van der Waals surface area contributed by atoms with E-state index in [9.17, 15) is 9.90 Å². The Bertz CT molecular complexity index is 744. The Morgan fingerprint density at radius 2 is 1.62 bits per heavy atom. The lowest BCUT2D eigenvalue weighted by atomic mass is 9.78. The second-order valence-corrected chi connectivity index (χ2v) is 9.65. The van der Waals surface area contributed by atoms with Crippen LogP contribution in [-0.4, -0.2) is 41.2 Å². The minimum atomic E-state index is -0.450. The molecule has 156 valence electrons. The van der Waals surface area contributed by atoms with Gasteiger partial charge in [-0.25, -0.2) is 0 Å². The fraction of sp³-hybridized carbons (Fsp3) is 0.640. The van der Waals surface area contributed by atoms with Crippen LogP contribution in [0.15, 0.2) is 36.4 Å². The Hall–Kier alpha value is -1.81. The van der Waals surface area contributed by atoms with E-state index in [4.69, 9.17) is 4.74 Å². The van der Waals surface area contributed by atoms with Crippen molar-refractivity contribution in [3.8, 4) is 5.75 Å². The molecular formula is C25H33NO3. The summed E-state index contributed by atoms with van der Waals surface area (Å²) in [7, 11) is 0. The largest absolute Gasteiger partial charge is 0.488 e. The number of amides is 1. The zero-order valence-corrected chi connectivity index (χ0v) is 17.2. The molecule has 3 fully saturated rings. The van der Waals surface area contributed by atoms with Crippen LogP contribution in [0.25, 0.3) is 0 Å². The molecule has 1 saturated heterocycles. The molecule has 5 rings (SSSR count). The first-order valence-corrected chi connectivity index (χ1v) is 11.6. The summed E-state index contributed by atoms with van der Waals surface area (Å²) in [5.41, 5.74) is 1.42. The fourth-order valence-electron chi connectivity index (χ4n) is 6.03. The maximum Gasteiger partial charge on any atom is 0.226 e. The summed E-state index contributed by atoms with van der Waals surface area (Å²) < 4.78 is 6.23. The molecule has 0 bridgehead atoms. The zero-order valence-electron chi connectivity index (χ0n) is 17.2. The van der Waals surface area contributed by atoms with Crippen LogP contribution in [-0.2, 0) is 4.79 Å². The molecule has 0 radical (unpaired) electrons. The molecule has 0 spiro atoms. The first-order valence-electron chi connectivity index (χ1n) is 11.6. The third-order valence-electron chi connectivity index (χ3n) is 7.75. The van der Waals surface area contributed by atoms with Gasteiger partial charge < -0.3 is 14.7 Å². The van der Waals surface area contributed by atoms with E-state index in [1.807, 2.05) is 0 Å². The van der Waals surface area contributed by atoms with E-state index < -0.39 is 6.10 Å². The Labute approximate surface area is 173 Å². The Kier molecular flexibility index (Phi) is 5.38. The number of carbonyl (C=O) groups is 1. The van der Waals surface area contributed by atoms with E-state index in [1.54, 1.807) is 0 Å². The summed E-state index contributed by atoms with van der Waals surface area (Å²) in [6.07, 6.45) is 12.3. The molecule has 4 heteroatoms. The van der Waals surface area contributed by atoms with Crippen molar-refractivity contribution in [3.63, 3.8) is 0 Å². The molecule has 29 heavy (non-hydrogen) atoms. The van der Waals surface area contributed by atoms with Gasteiger partial charge in [-0.15, -0.1) is 0 Å². The Morgan fingerprint density at radius 1 is 0.966 bits per heavy atom. The minimum absolute atomic E-state index is 0.144. The number of nitrogens with zero attached hydrogens (tertiary/aromatic N) is 1. The highest BCUT2D eigenvalue weighted by molar-refractivity contribution is 5.80. The zero-order chi connectivity index (χ0) is 19.8. The summed E-state index contributed by atoms with van der Waals surface area (Å²) in [5, 5.41) is 10.7. The summed E-state index contributed by atoms with van der Waals surface area (Å²) in [6, 6.07) is 8.55. The number of likely N-dealkylation sites (tertiary alicyclic amines) is 1. The van der Waals surface area contributed by atoms with Crippen LogP contribution in [0, 0.1) is 17.8 Å². The van der Waals surface area contributed by atoms with Gasteiger partial charge in [-0.1, -0.05) is 37.1 Å². The van der Waals surface area contributed by atoms with Crippen molar-refractivity contribution < 1.29 is 14.6 Å². The summed E-state index contributed by atoms with van der Waals surface area (Å²) >= 11 is 0. The maximum absolute atomic E-state index is 12.8. The summed E-state index contributed by atoms with van der Waals surface area (Å²) in [4.78, 5) is 14.8.